The summed E-state index contributed by atoms with van der Waals surface area (Å²) in [6.45, 7) is 0.304. The summed E-state index contributed by atoms with van der Waals surface area (Å²) in [7, 11) is 0. The molecule has 6 nitrogen and oxygen atoms in total. The lowest BCUT2D eigenvalue weighted by atomic mass is 10.1. The number of para-hydroxylation sites is 1. The van der Waals surface area contributed by atoms with Crippen LogP contribution in [-0.4, -0.2) is 15.9 Å². The van der Waals surface area contributed by atoms with Crippen LogP contribution in [0.4, 0.5) is 0 Å². The lowest BCUT2D eigenvalue weighted by Crippen LogP contribution is -2.23. The lowest BCUT2D eigenvalue weighted by molar-refractivity contribution is 0.0943. The molecule has 0 spiro atoms. The molecule has 0 bridgehead atoms. The van der Waals surface area contributed by atoms with Crippen molar-refractivity contribution < 1.29 is 13.6 Å². The van der Waals surface area contributed by atoms with Crippen molar-refractivity contribution in [1.82, 2.24) is 15.3 Å². The van der Waals surface area contributed by atoms with E-state index in [4.69, 9.17) is 8.83 Å². The van der Waals surface area contributed by atoms with Crippen LogP contribution in [-0.2, 0) is 6.54 Å². The summed E-state index contributed by atoms with van der Waals surface area (Å²) in [5.74, 6) is 1.08. The number of hydrogen-bond donors (Lipinski definition) is 1. The highest BCUT2D eigenvalue weighted by atomic mass is 16.3. The first kappa shape index (κ1) is 16.3. The van der Waals surface area contributed by atoms with Crippen molar-refractivity contribution in [2.24, 2.45) is 0 Å². The minimum Gasteiger partial charge on any atom is -0.467 e. The van der Waals surface area contributed by atoms with Crippen LogP contribution in [0.3, 0.4) is 0 Å². The van der Waals surface area contributed by atoms with Crippen molar-refractivity contribution in [3.63, 3.8) is 0 Å². The van der Waals surface area contributed by atoms with E-state index in [9.17, 15) is 4.79 Å². The van der Waals surface area contributed by atoms with Crippen LogP contribution in [0.25, 0.3) is 33.2 Å². The van der Waals surface area contributed by atoms with E-state index in [1.54, 1.807) is 36.9 Å². The van der Waals surface area contributed by atoms with E-state index in [1.807, 2.05) is 36.4 Å². The molecule has 0 saturated carbocycles. The van der Waals surface area contributed by atoms with Gasteiger partial charge in [-0.15, -0.1) is 0 Å². The molecular weight excluding hydrogens is 354 g/mol. The fourth-order valence-electron chi connectivity index (χ4n) is 3.14. The Morgan fingerprint density at radius 2 is 1.93 bits per heavy atom. The van der Waals surface area contributed by atoms with Gasteiger partial charge in [-0.05, 0) is 36.4 Å². The fourth-order valence-corrected chi connectivity index (χ4v) is 3.14. The fraction of sp³-hybridized carbons (Fsp3) is 0.0455. The number of rotatable bonds is 4. The van der Waals surface area contributed by atoms with E-state index in [2.05, 4.69) is 15.3 Å². The zero-order valence-electron chi connectivity index (χ0n) is 14.8. The number of amides is 1. The number of nitrogens with one attached hydrogen (secondary N) is 1. The van der Waals surface area contributed by atoms with Crippen molar-refractivity contribution in [2.75, 3.05) is 0 Å². The van der Waals surface area contributed by atoms with E-state index < -0.39 is 0 Å². The predicted molar refractivity (Wildman–Crippen MR) is 105 cm³/mol. The number of benzene rings is 1. The summed E-state index contributed by atoms with van der Waals surface area (Å²) in [6, 6.07) is 16.9. The molecule has 136 valence electrons. The van der Waals surface area contributed by atoms with Crippen LogP contribution in [0.1, 0.15) is 16.2 Å². The summed E-state index contributed by atoms with van der Waals surface area (Å²) >= 11 is 0. The molecule has 5 rings (SSSR count). The molecule has 0 aliphatic heterocycles. The van der Waals surface area contributed by atoms with Gasteiger partial charge in [0.15, 0.2) is 0 Å². The van der Waals surface area contributed by atoms with Crippen LogP contribution < -0.4 is 5.32 Å². The average molecular weight is 369 g/mol. The van der Waals surface area contributed by atoms with Gasteiger partial charge in [0, 0.05) is 23.2 Å². The Morgan fingerprint density at radius 1 is 1.00 bits per heavy atom. The molecule has 0 saturated heterocycles. The van der Waals surface area contributed by atoms with Crippen LogP contribution in [0, 0.1) is 0 Å². The van der Waals surface area contributed by atoms with Gasteiger partial charge in [-0.2, -0.15) is 0 Å². The second kappa shape index (κ2) is 6.66. The van der Waals surface area contributed by atoms with E-state index in [1.165, 1.54) is 0 Å². The zero-order chi connectivity index (χ0) is 18.9. The second-order valence-corrected chi connectivity index (χ2v) is 6.37. The van der Waals surface area contributed by atoms with Crippen LogP contribution in [0.5, 0.6) is 0 Å². The first-order valence-corrected chi connectivity index (χ1v) is 8.82. The number of carbonyl (C=O) groups excluding carboxylic acids is 1. The molecule has 1 N–H and O–H groups in total. The molecule has 4 heterocycles. The molecule has 0 radical (unpaired) electrons. The van der Waals surface area contributed by atoms with Crippen LogP contribution in [0.2, 0.25) is 0 Å². The minimum absolute atomic E-state index is 0.273. The normalized spacial score (nSPS) is 11.1. The molecule has 5 aromatic rings. The van der Waals surface area contributed by atoms with Gasteiger partial charge < -0.3 is 14.2 Å². The first-order chi connectivity index (χ1) is 13.8. The third kappa shape index (κ3) is 2.91. The van der Waals surface area contributed by atoms with Gasteiger partial charge in [-0.1, -0.05) is 18.2 Å². The number of pyridine rings is 2. The van der Waals surface area contributed by atoms with E-state index >= 15 is 0 Å². The Labute approximate surface area is 159 Å². The second-order valence-electron chi connectivity index (χ2n) is 6.37. The van der Waals surface area contributed by atoms with E-state index in [0.29, 0.717) is 29.3 Å². The highest BCUT2D eigenvalue weighted by Crippen LogP contribution is 2.31. The highest BCUT2D eigenvalue weighted by Gasteiger charge is 2.14. The molecule has 28 heavy (non-hydrogen) atoms. The topological polar surface area (TPSA) is 81.2 Å². The minimum atomic E-state index is -0.273. The quantitative estimate of drug-likeness (QED) is 0.502. The van der Waals surface area contributed by atoms with Gasteiger partial charge in [0.25, 0.3) is 5.91 Å². The van der Waals surface area contributed by atoms with Crippen LogP contribution in [0.15, 0.2) is 82.1 Å². The highest BCUT2D eigenvalue weighted by molar-refractivity contribution is 5.98. The summed E-state index contributed by atoms with van der Waals surface area (Å²) in [4.78, 5) is 21.4. The largest absolute Gasteiger partial charge is 0.467 e. The number of nitrogens with zero attached hydrogens (tertiary/aromatic N) is 2. The van der Waals surface area contributed by atoms with Gasteiger partial charge in [0.2, 0.25) is 0 Å². The molecule has 1 amide bonds. The zero-order valence-corrected chi connectivity index (χ0v) is 14.8. The summed E-state index contributed by atoms with van der Waals surface area (Å²) in [5, 5.41) is 4.65. The third-order valence-electron chi connectivity index (χ3n) is 4.53. The maximum absolute atomic E-state index is 12.5. The van der Waals surface area contributed by atoms with Crippen molar-refractivity contribution in [3.8, 4) is 11.3 Å². The van der Waals surface area contributed by atoms with Gasteiger partial charge in [-0.3, -0.25) is 9.78 Å². The molecule has 4 aromatic heterocycles. The van der Waals surface area contributed by atoms with Gasteiger partial charge in [0.1, 0.15) is 22.8 Å². The molecule has 0 fully saturated rings. The number of hydrogen-bond acceptors (Lipinski definition) is 5. The Balaban J connectivity index is 1.53. The number of furan rings is 2. The van der Waals surface area contributed by atoms with Crippen molar-refractivity contribution in [1.29, 1.82) is 0 Å². The molecule has 0 unspecified atom stereocenters. The monoisotopic (exact) mass is 369 g/mol. The van der Waals surface area contributed by atoms with Crippen molar-refractivity contribution in [3.05, 3.63) is 84.7 Å². The first-order valence-electron chi connectivity index (χ1n) is 8.82. The molecule has 1 aromatic carbocycles. The number of aromatic nitrogens is 2. The van der Waals surface area contributed by atoms with Crippen molar-refractivity contribution >= 4 is 27.8 Å². The molecule has 0 atom stereocenters. The Bertz CT molecular complexity index is 1260. The van der Waals surface area contributed by atoms with Gasteiger partial charge in [-0.25, -0.2) is 4.98 Å². The SMILES string of the molecule is O=C(NCc1ccco1)c1ccc2cncc(-c3cc4ccccc4o3)c2n1. The number of carbonyl (C=O) groups is 1. The average Bonchev–Trinajstić information content (AvgIpc) is 3.40. The Morgan fingerprint density at radius 3 is 2.79 bits per heavy atom. The Hall–Kier alpha value is -3.93. The standard InChI is InChI=1S/C22H15N3O3/c26-22(24-12-16-5-3-9-27-16)18-8-7-15-11-23-13-17(21(15)25-18)20-10-14-4-1-2-6-19(14)28-20/h1-11,13H,12H2,(H,24,26). The summed E-state index contributed by atoms with van der Waals surface area (Å²) < 4.78 is 11.2. The van der Waals surface area contributed by atoms with Crippen molar-refractivity contribution in [2.45, 2.75) is 6.54 Å². The summed E-state index contributed by atoms with van der Waals surface area (Å²) in [6.07, 6.45) is 5.00. The molecule has 0 aliphatic carbocycles. The van der Waals surface area contributed by atoms with Crippen LogP contribution >= 0.6 is 0 Å². The van der Waals surface area contributed by atoms with E-state index in [0.717, 1.165) is 21.9 Å². The molecule has 6 heteroatoms. The lowest BCUT2D eigenvalue weighted by Gasteiger charge is -2.06. The van der Waals surface area contributed by atoms with E-state index in [-0.39, 0.29) is 5.91 Å². The molecular formula is C22H15N3O3. The maximum atomic E-state index is 12.5. The maximum Gasteiger partial charge on any atom is 0.270 e. The predicted octanol–water partition coefficient (Wildman–Crippen LogP) is 4.57. The summed E-state index contributed by atoms with van der Waals surface area (Å²) in [5.41, 5.74) is 2.53. The Kier molecular flexibility index (Phi) is 3.87. The smallest absolute Gasteiger partial charge is 0.270 e. The molecule has 0 aliphatic rings. The van der Waals surface area contributed by atoms with Gasteiger partial charge in [0.05, 0.1) is 23.9 Å². The van der Waals surface area contributed by atoms with Gasteiger partial charge >= 0.3 is 0 Å². The number of fused-ring (bicyclic) bond motifs is 2. The third-order valence-corrected chi connectivity index (χ3v) is 4.53.